The standard InChI is InChI=1S/C18H14ClN3O3/c1-11-15(18(25)22(21-11)14-5-3-2-4-6-14)16(23)17(24)20-13-9-7-12(19)8-10-13/h2-10,15H,1H3,(H,20,24)/t15-/m1/s1. The molecule has 0 unspecified atom stereocenters. The number of anilines is 2. The normalized spacial score (nSPS) is 16.6. The molecule has 126 valence electrons. The van der Waals surface area contributed by atoms with Gasteiger partial charge in [-0.2, -0.15) is 10.1 Å². The molecule has 2 amide bonds. The summed E-state index contributed by atoms with van der Waals surface area (Å²) in [6.07, 6.45) is 0. The lowest BCUT2D eigenvalue weighted by atomic mass is 9.98. The van der Waals surface area contributed by atoms with E-state index in [1.807, 2.05) is 6.07 Å². The molecule has 7 heteroatoms. The molecule has 0 bridgehead atoms. The molecule has 2 aromatic rings. The molecule has 0 saturated carbocycles. The van der Waals surface area contributed by atoms with E-state index in [4.69, 9.17) is 11.6 Å². The maximum absolute atomic E-state index is 12.6. The van der Waals surface area contributed by atoms with Crippen LogP contribution in [0.4, 0.5) is 11.4 Å². The number of amides is 2. The number of halogens is 1. The Balaban J connectivity index is 1.76. The number of carbonyl (C=O) groups is 3. The molecule has 1 aliphatic rings. The Bertz CT molecular complexity index is 863. The number of para-hydroxylation sites is 1. The van der Waals surface area contributed by atoms with E-state index in [9.17, 15) is 14.4 Å². The van der Waals surface area contributed by atoms with Crippen molar-refractivity contribution in [3.8, 4) is 0 Å². The number of hydrogen-bond acceptors (Lipinski definition) is 4. The molecular weight excluding hydrogens is 342 g/mol. The minimum Gasteiger partial charge on any atom is -0.319 e. The number of hydrogen-bond donors (Lipinski definition) is 1. The van der Waals surface area contributed by atoms with Crippen molar-refractivity contribution in [1.82, 2.24) is 0 Å². The average molecular weight is 356 g/mol. The second-order valence-electron chi connectivity index (χ2n) is 5.49. The number of Topliss-reactive ketones (excluding diaryl/α,β-unsaturated/α-hetero) is 1. The largest absolute Gasteiger partial charge is 0.319 e. The number of nitrogens with one attached hydrogen (secondary N) is 1. The Morgan fingerprint density at radius 3 is 2.36 bits per heavy atom. The van der Waals surface area contributed by atoms with E-state index in [2.05, 4.69) is 10.4 Å². The van der Waals surface area contributed by atoms with Crippen molar-refractivity contribution in [3.05, 3.63) is 59.6 Å². The van der Waals surface area contributed by atoms with Gasteiger partial charge >= 0.3 is 0 Å². The summed E-state index contributed by atoms with van der Waals surface area (Å²) in [4.78, 5) is 37.2. The fourth-order valence-corrected chi connectivity index (χ4v) is 2.60. The third-order valence-corrected chi connectivity index (χ3v) is 3.97. The monoisotopic (exact) mass is 355 g/mol. The molecule has 0 spiro atoms. The van der Waals surface area contributed by atoms with Crippen LogP contribution in [0.2, 0.25) is 5.02 Å². The number of rotatable bonds is 4. The summed E-state index contributed by atoms with van der Waals surface area (Å²) in [5, 5.41) is 8.25. The first-order valence-corrected chi connectivity index (χ1v) is 7.90. The molecule has 0 aliphatic carbocycles. The van der Waals surface area contributed by atoms with Crippen LogP contribution in [0.3, 0.4) is 0 Å². The van der Waals surface area contributed by atoms with Crippen molar-refractivity contribution in [2.45, 2.75) is 6.92 Å². The molecule has 1 N–H and O–H groups in total. The lowest BCUT2D eigenvalue weighted by molar-refractivity contribution is -0.138. The highest BCUT2D eigenvalue weighted by Crippen LogP contribution is 2.24. The zero-order valence-corrected chi connectivity index (χ0v) is 14.0. The lowest BCUT2D eigenvalue weighted by Gasteiger charge is -2.13. The number of ketones is 1. The molecule has 25 heavy (non-hydrogen) atoms. The summed E-state index contributed by atoms with van der Waals surface area (Å²) >= 11 is 5.78. The quantitative estimate of drug-likeness (QED) is 0.676. The SMILES string of the molecule is CC1=NN(c2ccccc2)C(=O)[C@H]1C(=O)C(=O)Nc1ccc(Cl)cc1. The smallest absolute Gasteiger partial charge is 0.293 e. The predicted molar refractivity (Wildman–Crippen MR) is 95.6 cm³/mol. The minimum absolute atomic E-state index is 0.283. The lowest BCUT2D eigenvalue weighted by Crippen LogP contribution is -2.38. The highest BCUT2D eigenvalue weighted by Gasteiger charge is 2.42. The zero-order valence-electron chi connectivity index (χ0n) is 13.3. The van der Waals surface area contributed by atoms with Crippen LogP contribution in [0.5, 0.6) is 0 Å². The van der Waals surface area contributed by atoms with Gasteiger partial charge in [0, 0.05) is 10.7 Å². The van der Waals surface area contributed by atoms with Gasteiger partial charge in [0.25, 0.3) is 11.8 Å². The van der Waals surface area contributed by atoms with Crippen molar-refractivity contribution in [2.75, 3.05) is 10.3 Å². The molecule has 3 rings (SSSR count). The van der Waals surface area contributed by atoms with E-state index in [1.165, 1.54) is 0 Å². The molecule has 2 aromatic carbocycles. The van der Waals surface area contributed by atoms with Crippen molar-refractivity contribution >= 4 is 46.3 Å². The van der Waals surface area contributed by atoms with Gasteiger partial charge in [0.15, 0.2) is 0 Å². The Kier molecular flexibility index (Phi) is 4.63. The van der Waals surface area contributed by atoms with Crippen molar-refractivity contribution in [1.29, 1.82) is 0 Å². The van der Waals surface area contributed by atoms with Gasteiger partial charge in [0.2, 0.25) is 5.78 Å². The van der Waals surface area contributed by atoms with E-state index >= 15 is 0 Å². The predicted octanol–water partition coefficient (Wildman–Crippen LogP) is 2.89. The van der Waals surface area contributed by atoms with Gasteiger partial charge in [-0.25, -0.2) is 0 Å². The molecule has 0 fully saturated rings. The summed E-state index contributed by atoms with van der Waals surface area (Å²) in [5.74, 6) is -3.47. The highest BCUT2D eigenvalue weighted by molar-refractivity contribution is 6.50. The summed E-state index contributed by atoms with van der Waals surface area (Å²) in [5.41, 5.74) is 1.24. The number of carbonyl (C=O) groups excluding carboxylic acids is 3. The van der Waals surface area contributed by atoms with Crippen LogP contribution >= 0.6 is 11.6 Å². The fraction of sp³-hybridized carbons (Fsp3) is 0.111. The third kappa shape index (κ3) is 3.44. The van der Waals surface area contributed by atoms with Gasteiger partial charge in [-0.15, -0.1) is 0 Å². The van der Waals surface area contributed by atoms with E-state index in [0.29, 0.717) is 16.4 Å². The van der Waals surface area contributed by atoms with Gasteiger partial charge in [-0.05, 0) is 43.3 Å². The Hall–Kier alpha value is -2.99. The summed E-state index contributed by atoms with van der Waals surface area (Å²) in [6, 6.07) is 15.1. The van der Waals surface area contributed by atoms with Gasteiger partial charge in [-0.3, -0.25) is 14.4 Å². The number of nitrogens with zero attached hydrogens (tertiary/aromatic N) is 2. The van der Waals surface area contributed by atoms with E-state index in [0.717, 1.165) is 5.01 Å². The maximum atomic E-state index is 12.6. The topological polar surface area (TPSA) is 78.8 Å². The Labute approximate surface area is 149 Å². The maximum Gasteiger partial charge on any atom is 0.293 e. The van der Waals surface area contributed by atoms with Gasteiger partial charge in [0.1, 0.15) is 5.92 Å². The van der Waals surface area contributed by atoms with Gasteiger partial charge < -0.3 is 5.32 Å². The molecular formula is C18H14ClN3O3. The average Bonchev–Trinajstić information content (AvgIpc) is 2.91. The van der Waals surface area contributed by atoms with E-state index in [1.54, 1.807) is 55.5 Å². The van der Waals surface area contributed by atoms with Crippen molar-refractivity contribution < 1.29 is 14.4 Å². The molecule has 0 aromatic heterocycles. The number of hydrazone groups is 1. The molecule has 0 radical (unpaired) electrons. The Morgan fingerprint density at radius 1 is 1.08 bits per heavy atom. The molecule has 1 heterocycles. The fourth-order valence-electron chi connectivity index (χ4n) is 2.48. The summed E-state index contributed by atoms with van der Waals surface area (Å²) in [6.45, 7) is 1.55. The second-order valence-corrected chi connectivity index (χ2v) is 5.92. The number of benzene rings is 2. The van der Waals surface area contributed by atoms with Crippen LogP contribution in [0.1, 0.15) is 6.92 Å². The van der Waals surface area contributed by atoms with Gasteiger partial charge in [-0.1, -0.05) is 29.8 Å². The van der Waals surface area contributed by atoms with E-state index in [-0.39, 0.29) is 5.71 Å². The Morgan fingerprint density at radius 2 is 1.72 bits per heavy atom. The molecule has 1 atom stereocenters. The van der Waals surface area contributed by atoms with E-state index < -0.39 is 23.5 Å². The van der Waals surface area contributed by atoms with Gasteiger partial charge in [0.05, 0.1) is 11.4 Å². The molecule has 0 saturated heterocycles. The first-order valence-electron chi connectivity index (χ1n) is 7.52. The summed E-state index contributed by atoms with van der Waals surface area (Å²) < 4.78 is 0. The summed E-state index contributed by atoms with van der Waals surface area (Å²) in [7, 11) is 0. The first kappa shape index (κ1) is 16.9. The van der Waals surface area contributed by atoms with Crippen molar-refractivity contribution in [2.24, 2.45) is 11.0 Å². The molecule has 1 aliphatic heterocycles. The van der Waals surface area contributed by atoms with Crippen LogP contribution < -0.4 is 10.3 Å². The zero-order chi connectivity index (χ0) is 18.0. The highest BCUT2D eigenvalue weighted by atomic mass is 35.5. The van der Waals surface area contributed by atoms with Crippen LogP contribution in [-0.4, -0.2) is 23.3 Å². The van der Waals surface area contributed by atoms with Crippen molar-refractivity contribution in [3.63, 3.8) is 0 Å². The van der Waals surface area contributed by atoms with Crippen LogP contribution in [0, 0.1) is 5.92 Å². The van der Waals surface area contributed by atoms with Crippen LogP contribution in [0.25, 0.3) is 0 Å². The minimum atomic E-state index is -1.22. The first-order chi connectivity index (χ1) is 12.0. The van der Waals surface area contributed by atoms with Crippen LogP contribution in [-0.2, 0) is 14.4 Å². The van der Waals surface area contributed by atoms with Crippen LogP contribution in [0.15, 0.2) is 59.7 Å². The molecule has 6 nitrogen and oxygen atoms in total. The third-order valence-electron chi connectivity index (χ3n) is 3.72. The second kappa shape index (κ2) is 6.86.